The monoisotopic (exact) mass is 220 g/mol. The lowest BCUT2D eigenvalue weighted by Gasteiger charge is -2.06. The van der Waals surface area contributed by atoms with Gasteiger partial charge in [-0.1, -0.05) is 0 Å². The van der Waals surface area contributed by atoms with Gasteiger partial charge in [-0.05, 0) is 6.07 Å². The minimum Gasteiger partial charge on any atom is -0.618 e. The smallest absolute Gasteiger partial charge is 0.422 e. The zero-order valence-electron chi connectivity index (χ0n) is 6.58. The van der Waals surface area contributed by atoms with E-state index in [1.807, 2.05) is 0 Å². The van der Waals surface area contributed by atoms with Crippen LogP contribution in [0.3, 0.4) is 0 Å². The molecule has 1 rings (SSSR count). The summed E-state index contributed by atoms with van der Waals surface area (Å²) < 4.78 is 36.2. The van der Waals surface area contributed by atoms with Crippen molar-refractivity contribution in [3.05, 3.63) is 29.1 Å². The fourth-order valence-electron chi connectivity index (χ4n) is 0.761. The van der Waals surface area contributed by atoms with Crippen molar-refractivity contribution in [3.8, 4) is 5.40 Å². The molecule has 0 aromatic carbocycles. The lowest BCUT2D eigenvalue weighted by atomic mass is 10.3. The van der Waals surface area contributed by atoms with Gasteiger partial charge in [-0.25, -0.2) is 0 Å². The second-order valence-electron chi connectivity index (χ2n) is 2.27. The van der Waals surface area contributed by atoms with Crippen LogP contribution in [0.1, 0.15) is 5.56 Å². The SMILES string of the molecule is N#CSc1ccc(C(F)(F)F)c[n+]1[O-]. The van der Waals surface area contributed by atoms with Crippen molar-refractivity contribution in [2.75, 3.05) is 0 Å². The predicted molar refractivity (Wildman–Crippen MR) is 41.9 cm³/mol. The molecule has 0 unspecified atom stereocenters. The molecule has 7 heteroatoms. The highest BCUT2D eigenvalue weighted by Gasteiger charge is 2.33. The van der Waals surface area contributed by atoms with E-state index in [0.717, 1.165) is 12.1 Å². The van der Waals surface area contributed by atoms with E-state index >= 15 is 0 Å². The topological polar surface area (TPSA) is 50.7 Å². The third-order valence-electron chi connectivity index (χ3n) is 1.36. The van der Waals surface area contributed by atoms with Gasteiger partial charge in [0.25, 0.3) is 5.03 Å². The number of thiocyanates is 1. The second-order valence-corrected chi connectivity index (χ2v) is 3.08. The standard InChI is InChI=1S/C7H3F3N2OS/c8-7(9,10)5-1-2-6(14-4-11)12(13)3-5/h1-3H. The third-order valence-corrected chi connectivity index (χ3v) is 1.97. The average molecular weight is 220 g/mol. The summed E-state index contributed by atoms with van der Waals surface area (Å²) in [6, 6.07) is 1.72. The molecule has 0 saturated heterocycles. The lowest BCUT2D eigenvalue weighted by molar-refractivity contribution is -0.646. The average Bonchev–Trinajstić information content (AvgIpc) is 2.07. The number of hydrogen-bond acceptors (Lipinski definition) is 3. The number of hydrogen-bond donors (Lipinski definition) is 0. The highest BCUT2D eigenvalue weighted by molar-refractivity contribution is 8.03. The fraction of sp³-hybridized carbons (Fsp3) is 0.143. The van der Waals surface area contributed by atoms with Crippen LogP contribution in [0, 0.1) is 15.9 Å². The van der Waals surface area contributed by atoms with E-state index in [1.54, 1.807) is 5.40 Å². The third kappa shape index (κ3) is 2.29. The Morgan fingerprint density at radius 2 is 2.07 bits per heavy atom. The summed E-state index contributed by atoms with van der Waals surface area (Å²) in [4.78, 5) is 0. The number of aromatic nitrogens is 1. The maximum absolute atomic E-state index is 12.1. The van der Waals surface area contributed by atoms with Gasteiger partial charge in [0.2, 0.25) is 0 Å². The molecule has 0 aliphatic rings. The van der Waals surface area contributed by atoms with Crippen LogP contribution in [-0.4, -0.2) is 0 Å². The summed E-state index contributed by atoms with van der Waals surface area (Å²) in [7, 11) is 0. The molecule has 0 radical (unpaired) electrons. The molecule has 0 atom stereocenters. The Balaban J connectivity index is 3.08. The first-order chi connectivity index (χ1) is 6.45. The largest absolute Gasteiger partial charge is 0.618 e. The Labute approximate surface area is 81.4 Å². The van der Waals surface area contributed by atoms with E-state index in [-0.39, 0.29) is 9.76 Å². The molecule has 1 aromatic heterocycles. The molecule has 0 aliphatic heterocycles. The van der Waals surface area contributed by atoms with Crippen molar-refractivity contribution >= 4 is 11.8 Å². The van der Waals surface area contributed by atoms with Crippen molar-refractivity contribution in [1.29, 1.82) is 5.26 Å². The zero-order chi connectivity index (χ0) is 10.8. The fourth-order valence-corrected chi connectivity index (χ4v) is 1.13. The van der Waals surface area contributed by atoms with Crippen LogP contribution in [0.4, 0.5) is 13.2 Å². The Kier molecular flexibility index (Phi) is 2.86. The minimum atomic E-state index is -4.54. The molecule has 74 valence electrons. The summed E-state index contributed by atoms with van der Waals surface area (Å²) in [6.45, 7) is 0. The van der Waals surface area contributed by atoms with Gasteiger partial charge in [0, 0.05) is 6.07 Å². The second kappa shape index (κ2) is 3.75. The summed E-state index contributed by atoms with van der Waals surface area (Å²) in [5.74, 6) is 0. The minimum absolute atomic E-state index is 0.0245. The van der Waals surface area contributed by atoms with Crippen LogP contribution in [-0.2, 0) is 6.18 Å². The van der Waals surface area contributed by atoms with Crippen LogP contribution >= 0.6 is 11.8 Å². The van der Waals surface area contributed by atoms with E-state index in [0.29, 0.717) is 18.0 Å². The molecule has 3 nitrogen and oxygen atoms in total. The number of pyridine rings is 1. The van der Waals surface area contributed by atoms with E-state index in [9.17, 15) is 18.4 Å². The first-order valence-electron chi connectivity index (χ1n) is 3.31. The molecule has 0 amide bonds. The summed E-state index contributed by atoms with van der Waals surface area (Å²) >= 11 is 0.510. The number of nitriles is 1. The van der Waals surface area contributed by atoms with Crippen molar-refractivity contribution in [3.63, 3.8) is 0 Å². The maximum Gasteiger partial charge on any atom is 0.422 e. The normalized spacial score (nSPS) is 11.0. The van der Waals surface area contributed by atoms with Gasteiger partial charge in [0.05, 0.1) is 11.8 Å². The molecule has 0 aliphatic carbocycles. The van der Waals surface area contributed by atoms with Gasteiger partial charge in [0.1, 0.15) is 11.0 Å². The molecule has 0 bridgehead atoms. The van der Waals surface area contributed by atoms with Crippen molar-refractivity contribution in [2.45, 2.75) is 11.2 Å². The summed E-state index contributed by atoms with van der Waals surface area (Å²) in [5.41, 5.74) is -1.03. The summed E-state index contributed by atoms with van der Waals surface area (Å²) in [5, 5.41) is 20.6. The van der Waals surface area contributed by atoms with Gasteiger partial charge in [-0.15, -0.1) is 0 Å². The van der Waals surface area contributed by atoms with Gasteiger partial charge < -0.3 is 5.21 Å². The predicted octanol–water partition coefficient (Wildman–Crippen LogP) is 1.91. The first kappa shape index (κ1) is 10.7. The lowest BCUT2D eigenvalue weighted by Crippen LogP contribution is -2.30. The van der Waals surface area contributed by atoms with Crippen molar-refractivity contribution in [2.24, 2.45) is 0 Å². The Hall–Kier alpha value is -1.42. The van der Waals surface area contributed by atoms with Crippen molar-refractivity contribution in [1.82, 2.24) is 0 Å². The molecule has 1 heterocycles. The maximum atomic E-state index is 12.1. The molecule has 1 aromatic rings. The van der Waals surface area contributed by atoms with Crippen LogP contribution in [0.2, 0.25) is 0 Å². The number of thioether (sulfide) groups is 1. The van der Waals surface area contributed by atoms with E-state index in [2.05, 4.69) is 0 Å². The number of rotatable bonds is 1. The molecule has 0 fully saturated rings. The molecule has 0 N–H and O–H groups in total. The quantitative estimate of drug-likeness (QED) is 0.314. The first-order valence-corrected chi connectivity index (χ1v) is 4.13. The molecular formula is C7H3F3N2OS. The van der Waals surface area contributed by atoms with Gasteiger partial charge in [-0.2, -0.15) is 23.2 Å². The van der Waals surface area contributed by atoms with Crippen molar-refractivity contribution < 1.29 is 17.9 Å². The number of halogens is 3. The van der Waals surface area contributed by atoms with Crippen LogP contribution in [0.25, 0.3) is 0 Å². The Morgan fingerprint density at radius 1 is 1.43 bits per heavy atom. The molecule has 14 heavy (non-hydrogen) atoms. The van der Waals surface area contributed by atoms with Crippen LogP contribution < -0.4 is 4.73 Å². The van der Waals surface area contributed by atoms with Crippen LogP contribution in [0.15, 0.2) is 23.4 Å². The molecule has 0 saturated carbocycles. The van der Waals surface area contributed by atoms with Gasteiger partial charge in [0.15, 0.2) is 6.20 Å². The highest BCUT2D eigenvalue weighted by Crippen LogP contribution is 2.28. The number of nitrogens with zero attached hydrogens (tertiary/aromatic N) is 2. The highest BCUT2D eigenvalue weighted by atomic mass is 32.2. The Morgan fingerprint density at radius 3 is 2.50 bits per heavy atom. The van der Waals surface area contributed by atoms with E-state index in [1.165, 1.54) is 0 Å². The molecule has 0 spiro atoms. The number of alkyl halides is 3. The van der Waals surface area contributed by atoms with E-state index in [4.69, 9.17) is 5.26 Å². The van der Waals surface area contributed by atoms with Gasteiger partial charge >= 0.3 is 6.18 Å². The van der Waals surface area contributed by atoms with E-state index < -0.39 is 11.7 Å². The van der Waals surface area contributed by atoms with Gasteiger partial charge in [-0.3, -0.25) is 0 Å². The summed E-state index contributed by atoms with van der Waals surface area (Å²) in [6.07, 6.45) is -4.14. The zero-order valence-corrected chi connectivity index (χ0v) is 7.39. The molecular weight excluding hydrogens is 217 g/mol. The Bertz CT molecular complexity index is 386. The van der Waals surface area contributed by atoms with Crippen LogP contribution in [0.5, 0.6) is 0 Å².